The SMILES string of the molecule is Cc1csc2c(N3CC4CCCNC4C3)ncnc12. The monoisotopic (exact) mass is 274 g/mol. The summed E-state index contributed by atoms with van der Waals surface area (Å²) in [5.41, 5.74) is 2.39. The molecule has 0 radical (unpaired) electrons. The van der Waals surface area contributed by atoms with E-state index in [2.05, 4.69) is 32.5 Å². The summed E-state index contributed by atoms with van der Waals surface area (Å²) in [6, 6.07) is 0.653. The van der Waals surface area contributed by atoms with Crippen molar-refractivity contribution in [1.29, 1.82) is 0 Å². The maximum absolute atomic E-state index is 4.56. The second kappa shape index (κ2) is 4.42. The normalized spacial score (nSPS) is 26.9. The van der Waals surface area contributed by atoms with Crippen LogP contribution in [0, 0.1) is 12.8 Å². The molecule has 0 spiro atoms. The standard InChI is InChI=1S/C14H18N4S/c1-9-7-19-13-12(9)16-8-17-14(13)18-5-10-3-2-4-15-11(10)6-18/h7-8,10-11,15H,2-6H2,1H3. The van der Waals surface area contributed by atoms with Crippen molar-refractivity contribution in [2.45, 2.75) is 25.8 Å². The van der Waals surface area contributed by atoms with Crippen molar-refractivity contribution in [3.05, 3.63) is 17.3 Å². The molecule has 5 heteroatoms. The van der Waals surface area contributed by atoms with Crippen LogP contribution in [0.5, 0.6) is 0 Å². The maximum Gasteiger partial charge on any atom is 0.150 e. The fourth-order valence-corrected chi connectivity index (χ4v) is 4.42. The molecule has 2 aromatic heterocycles. The number of piperidine rings is 1. The quantitative estimate of drug-likeness (QED) is 0.865. The Bertz CT molecular complexity index is 595. The van der Waals surface area contributed by atoms with Crippen molar-refractivity contribution in [1.82, 2.24) is 15.3 Å². The minimum absolute atomic E-state index is 0.653. The van der Waals surface area contributed by atoms with E-state index in [9.17, 15) is 0 Å². The molecule has 2 atom stereocenters. The Morgan fingerprint density at radius 1 is 1.37 bits per heavy atom. The molecule has 4 heterocycles. The van der Waals surface area contributed by atoms with Gasteiger partial charge in [-0.3, -0.25) is 0 Å². The zero-order valence-electron chi connectivity index (χ0n) is 11.1. The van der Waals surface area contributed by atoms with Crippen LogP contribution < -0.4 is 10.2 Å². The van der Waals surface area contributed by atoms with Gasteiger partial charge in [0.1, 0.15) is 12.1 Å². The molecular formula is C14H18N4S. The number of nitrogens with one attached hydrogen (secondary N) is 1. The summed E-state index contributed by atoms with van der Waals surface area (Å²) in [6.45, 7) is 5.53. The van der Waals surface area contributed by atoms with Gasteiger partial charge in [-0.1, -0.05) is 0 Å². The highest BCUT2D eigenvalue weighted by molar-refractivity contribution is 7.18. The van der Waals surface area contributed by atoms with E-state index in [4.69, 9.17) is 0 Å². The molecule has 0 bridgehead atoms. The van der Waals surface area contributed by atoms with Gasteiger partial charge in [0.2, 0.25) is 0 Å². The van der Waals surface area contributed by atoms with E-state index in [1.807, 2.05) is 0 Å². The van der Waals surface area contributed by atoms with Crippen LogP contribution in [0.2, 0.25) is 0 Å². The Morgan fingerprint density at radius 3 is 3.21 bits per heavy atom. The molecule has 1 N–H and O–H groups in total. The number of anilines is 1. The first kappa shape index (κ1) is 11.6. The lowest BCUT2D eigenvalue weighted by atomic mass is 9.94. The van der Waals surface area contributed by atoms with E-state index in [0.29, 0.717) is 6.04 Å². The van der Waals surface area contributed by atoms with Crippen LogP contribution in [-0.4, -0.2) is 35.6 Å². The van der Waals surface area contributed by atoms with Gasteiger partial charge in [0.05, 0.1) is 10.2 Å². The van der Waals surface area contributed by atoms with Crippen LogP contribution >= 0.6 is 11.3 Å². The molecule has 0 aliphatic carbocycles. The van der Waals surface area contributed by atoms with E-state index in [0.717, 1.165) is 30.3 Å². The number of aryl methyl sites for hydroxylation is 1. The van der Waals surface area contributed by atoms with Crippen LogP contribution in [0.15, 0.2) is 11.7 Å². The lowest BCUT2D eigenvalue weighted by Gasteiger charge is -2.24. The number of aromatic nitrogens is 2. The first-order valence-corrected chi connectivity index (χ1v) is 7.88. The number of rotatable bonds is 1. The molecule has 0 saturated carbocycles. The van der Waals surface area contributed by atoms with Gasteiger partial charge in [0.25, 0.3) is 0 Å². The number of hydrogen-bond acceptors (Lipinski definition) is 5. The molecule has 19 heavy (non-hydrogen) atoms. The molecule has 2 aromatic rings. The van der Waals surface area contributed by atoms with Crippen LogP contribution in [0.1, 0.15) is 18.4 Å². The fraction of sp³-hybridized carbons (Fsp3) is 0.571. The van der Waals surface area contributed by atoms with Gasteiger partial charge >= 0.3 is 0 Å². The molecule has 4 nitrogen and oxygen atoms in total. The molecular weight excluding hydrogens is 256 g/mol. The molecule has 0 amide bonds. The van der Waals surface area contributed by atoms with E-state index in [1.165, 1.54) is 29.6 Å². The second-order valence-electron chi connectivity index (χ2n) is 5.66. The second-order valence-corrected chi connectivity index (χ2v) is 6.54. The summed E-state index contributed by atoms with van der Waals surface area (Å²) in [7, 11) is 0. The average molecular weight is 274 g/mol. The highest BCUT2D eigenvalue weighted by atomic mass is 32.1. The lowest BCUT2D eigenvalue weighted by Crippen LogP contribution is -2.40. The summed E-state index contributed by atoms with van der Waals surface area (Å²) in [6.07, 6.45) is 4.38. The van der Waals surface area contributed by atoms with Crippen molar-refractivity contribution in [3.8, 4) is 0 Å². The molecule has 2 aliphatic heterocycles. The predicted molar refractivity (Wildman–Crippen MR) is 78.9 cm³/mol. The topological polar surface area (TPSA) is 41.0 Å². The van der Waals surface area contributed by atoms with Gasteiger partial charge in [-0.2, -0.15) is 0 Å². The Labute approximate surface area is 116 Å². The van der Waals surface area contributed by atoms with Crippen molar-refractivity contribution in [2.75, 3.05) is 24.5 Å². The van der Waals surface area contributed by atoms with Crippen LogP contribution in [0.4, 0.5) is 5.82 Å². The summed E-state index contributed by atoms with van der Waals surface area (Å²) in [4.78, 5) is 11.4. The van der Waals surface area contributed by atoms with E-state index >= 15 is 0 Å². The minimum Gasteiger partial charge on any atom is -0.353 e. The smallest absolute Gasteiger partial charge is 0.150 e. The predicted octanol–water partition coefficient (Wildman–Crippen LogP) is 2.19. The molecule has 2 fully saturated rings. The summed E-state index contributed by atoms with van der Waals surface area (Å²) >= 11 is 1.77. The molecule has 0 aromatic carbocycles. The van der Waals surface area contributed by atoms with Gasteiger partial charge < -0.3 is 10.2 Å². The third-order valence-corrected chi connectivity index (χ3v) is 5.49. The van der Waals surface area contributed by atoms with Gasteiger partial charge in [-0.15, -0.1) is 11.3 Å². The average Bonchev–Trinajstić information content (AvgIpc) is 3.03. The third kappa shape index (κ3) is 1.83. The Kier molecular flexibility index (Phi) is 2.70. The Hall–Kier alpha value is -1.20. The number of hydrogen-bond donors (Lipinski definition) is 1. The Morgan fingerprint density at radius 2 is 2.32 bits per heavy atom. The molecule has 4 rings (SSSR count). The van der Waals surface area contributed by atoms with Crippen molar-refractivity contribution >= 4 is 27.4 Å². The van der Waals surface area contributed by atoms with Crippen LogP contribution in [-0.2, 0) is 0 Å². The van der Waals surface area contributed by atoms with Crippen molar-refractivity contribution in [3.63, 3.8) is 0 Å². The summed E-state index contributed by atoms with van der Waals surface area (Å²) in [5.74, 6) is 1.93. The summed E-state index contributed by atoms with van der Waals surface area (Å²) < 4.78 is 1.25. The van der Waals surface area contributed by atoms with E-state index in [1.54, 1.807) is 17.7 Å². The summed E-state index contributed by atoms with van der Waals surface area (Å²) in [5, 5.41) is 5.84. The number of fused-ring (bicyclic) bond motifs is 2. The van der Waals surface area contributed by atoms with Crippen molar-refractivity contribution in [2.24, 2.45) is 5.92 Å². The zero-order valence-corrected chi connectivity index (χ0v) is 11.9. The Balaban J connectivity index is 1.71. The van der Waals surface area contributed by atoms with Crippen LogP contribution in [0.25, 0.3) is 10.2 Å². The fourth-order valence-electron chi connectivity index (χ4n) is 3.40. The van der Waals surface area contributed by atoms with Gasteiger partial charge in [0, 0.05) is 19.1 Å². The van der Waals surface area contributed by atoms with Gasteiger partial charge in [-0.05, 0) is 43.2 Å². The lowest BCUT2D eigenvalue weighted by molar-refractivity contribution is 0.340. The highest BCUT2D eigenvalue weighted by Gasteiger charge is 2.35. The maximum atomic E-state index is 4.56. The van der Waals surface area contributed by atoms with E-state index in [-0.39, 0.29) is 0 Å². The van der Waals surface area contributed by atoms with Gasteiger partial charge in [0.15, 0.2) is 0 Å². The van der Waals surface area contributed by atoms with Crippen LogP contribution in [0.3, 0.4) is 0 Å². The minimum atomic E-state index is 0.653. The largest absolute Gasteiger partial charge is 0.353 e. The molecule has 2 unspecified atom stereocenters. The van der Waals surface area contributed by atoms with Gasteiger partial charge in [-0.25, -0.2) is 9.97 Å². The highest BCUT2D eigenvalue weighted by Crippen LogP contribution is 2.35. The van der Waals surface area contributed by atoms with E-state index < -0.39 is 0 Å². The first-order valence-electron chi connectivity index (χ1n) is 7.00. The van der Waals surface area contributed by atoms with Crippen molar-refractivity contribution < 1.29 is 0 Å². The number of thiophene rings is 1. The third-order valence-electron chi connectivity index (χ3n) is 4.41. The number of nitrogens with zero attached hydrogens (tertiary/aromatic N) is 3. The molecule has 100 valence electrons. The molecule has 2 aliphatic rings. The molecule has 2 saturated heterocycles. The zero-order chi connectivity index (χ0) is 12.8. The first-order chi connectivity index (χ1) is 9.33.